The molecule has 15 heavy (non-hydrogen) atoms. The van der Waals surface area contributed by atoms with Crippen molar-refractivity contribution in [3.63, 3.8) is 0 Å². The van der Waals surface area contributed by atoms with Crippen molar-refractivity contribution >= 4 is 122 Å². The summed E-state index contributed by atoms with van der Waals surface area (Å²) < 4.78 is 10.5. The molecule has 0 atom stereocenters. The molecule has 0 saturated heterocycles. The summed E-state index contributed by atoms with van der Waals surface area (Å²) in [4.78, 5) is 0. The van der Waals surface area contributed by atoms with Crippen molar-refractivity contribution in [1.82, 2.24) is 0 Å². The van der Waals surface area contributed by atoms with Crippen LogP contribution in [-0.2, 0) is 4.74 Å². The molecule has 0 aromatic carbocycles. The average Bonchev–Trinajstić information content (AvgIpc) is 2.16. The SMILES string of the molecule is BrC(I)=C(I)CCOCCC(I)=C(Br)I. The van der Waals surface area contributed by atoms with E-state index in [2.05, 4.69) is 122 Å². The van der Waals surface area contributed by atoms with Gasteiger partial charge in [0.05, 0.1) is 18.2 Å². The van der Waals surface area contributed by atoms with Crippen LogP contribution in [0.4, 0.5) is 0 Å². The molecule has 0 aliphatic heterocycles. The van der Waals surface area contributed by atoms with E-state index in [1.807, 2.05) is 0 Å². The molecule has 0 unspecified atom stereocenters. The number of rotatable bonds is 6. The van der Waals surface area contributed by atoms with E-state index in [0.29, 0.717) is 0 Å². The third kappa shape index (κ3) is 10.9. The molecule has 7 heteroatoms. The normalized spacial score (nSPS) is 14.8. The second-order valence-electron chi connectivity index (χ2n) is 2.44. The second kappa shape index (κ2) is 11.2. The van der Waals surface area contributed by atoms with E-state index in [1.54, 1.807) is 0 Å². The molecule has 0 amide bonds. The van der Waals surface area contributed by atoms with Crippen molar-refractivity contribution in [3.8, 4) is 0 Å². The van der Waals surface area contributed by atoms with Crippen molar-refractivity contribution in [1.29, 1.82) is 0 Å². The van der Waals surface area contributed by atoms with E-state index in [0.717, 1.165) is 26.1 Å². The maximum Gasteiger partial charge on any atom is 0.0652 e. The maximum atomic E-state index is 5.55. The number of halogens is 6. The Bertz CT molecular complexity index is 231. The fraction of sp³-hybridized carbons (Fsp3) is 0.500. The first kappa shape index (κ1) is 18.3. The van der Waals surface area contributed by atoms with Gasteiger partial charge in [-0.05, 0) is 122 Å². The lowest BCUT2D eigenvalue weighted by Crippen LogP contribution is -1.97. The van der Waals surface area contributed by atoms with Crippen LogP contribution in [0.5, 0.6) is 0 Å². The fourth-order valence-corrected chi connectivity index (χ4v) is 1.99. The Morgan fingerprint density at radius 3 is 1.40 bits per heavy atom. The van der Waals surface area contributed by atoms with Gasteiger partial charge < -0.3 is 4.74 Å². The Balaban J connectivity index is 3.58. The standard InChI is InChI=1S/C8H8Br2I4O/c9-7(13)5(11)1-3-15-4-2-6(12)8(10)14/h1-4H2. The van der Waals surface area contributed by atoms with Gasteiger partial charge >= 0.3 is 0 Å². The molecule has 0 aliphatic rings. The molecule has 1 nitrogen and oxygen atoms in total. The van der Waals surface area contributed by atoms with Gasteiger partial charge in [-0.3, -0.25) is 0 Å². The van der Waals surface area contributed by atoms with Gasteiger partial charge in [0.15, 0.2) is 0 Å². The maximum absolute atomic E-state index is 5.55. The van der Waals surface area contributed by atoms with Crippen molar-refractivity contribution in [2.45, 2.75) is 12.8 Å². The third-order valence-electron chi connectivity index (χ3n) is 1.34. The Labute approximate surface area is 162 Å². The molecule has 0 saturated carbocycles. The first-order chi connectivity index (χ1) is 6.95. The summed E-state index contributed by atoms with van der Waals surface area (Å²) in [5, 5.41) is 0. The highest BCUT2D eigenvalue weighted by Crippen LogP contribution is 2.28. The van der Waals surface area contributed by atoms with Gasteiger partial charge in [-0.25, -0.2) is 0 Å². The molecule has 88 valence electrons. The lowest BCUT2D eigenvalue weighted by molar-refractivity contribution is 0.143. The van der Waals surface area contributed by atoms with Gasteiger partial charge in [-0.15, -0.1) is 0 Å². The van der Waals surface area contributed by atoms with Crippen LogP contribution in [-0.4, -0.2) is 13.2 Å². The minimum Gasteiger partial charge on any atom is -0.381 e. The minimum absolute atomic E-state index is 0.791. The first-order valence-electron chi connectivity index (χ1n) is 3.92. The van der Waals surface area contributed by atoms with E-state index in [-0.39, 0.29) is 0 Å². The smallest absolute Gasteiger partial charge is 0.0652 e. The molecule has 0 fully saturated rings. The zero-order valence-electron chi connectivity index (χ0n) is 7.50. The van der Waals surface area contributed by atoms with Gasteiger partial charge in [0.25, 0.3) is 0 Å². The lowest BCUT2D eigenvalue weighted by Gasteiger charge is -2.04. The topological polar surface area (TPSA) is 9.23 Å². The number of ether oxygens (including phenoxy) is 1. The van der Waals surface area contributed by atoms with Crippen molar-refractivity contribution in [2.75, 3.05) is 13.2 Å². The number of hydrogen-bond acceptors (Lipinski definition) is 1. The van der Waals surface area contributed by atoms with Crippen LogP contribution in [0.2, 0.25) is 0 Å². The molecular weight excluding hydrogens is 780 g/mol. The van der Waals surface area contributed by atoms with Crippen molar-refractivity contribution in [3.05, 3.63) is 12.1 Å². The van der Waals surface area contributed by atoms with E-state index >= 15 is 0 Å². The van der Waals surface area contributed by atoms with Crippen LogP contribution in [0.15, 0.2) is 12.1 Å². The Morgan fingerprint density at radius 1 is 0.800 bits per heavy atom. The van der Waals surface area contributed by atoms with E-state index in [4.69, 9.17) is 4.74 Å². The number of hydrogen-bond donors (Lipinski definition) is 0. The van der Waals surface area contributed by atoms with Gasteiger partial charge in [-0.1, -0.05) is 0 Å². The monoisotopic (exact) mass is 786 g/mol. The van der Waals surface area contributed by atoms with Gasteiger partial charge in [0, 0.05) is 20.0 Å². The van der Waals surface area contributed by atoms with E-state index in [9.17, 15) is 0 Å². The molecule has 0 aromatic heterocycles. The Kier molecular flexibility index (Phi) is 13.6. The fourth-order valence-electron chi connectivity index (χ4n) is 0.615. The molecule has 0 N–H and O–H groups in total. The summed E-state index contributed by atoms with van der Waals surface area (Å²) in [6.45, 7) is 1.58. The van der Waals surface area contributed by atoms with Crippen LogP contribution in [0.1, 0.15) is 12.8 Å². The molecule has 0 bridgehead atoms. The van der Waals surface area contributed by atoms with Crippen molar-refractivity contribution < 1.29 is 4.74 Å². The molecule has 0 aromatic rings. The summed E-state index contributed by atoms with van der Waals surface area (Å²) in [6.07, 6.45) is 1.96. The molecular formula is C8H8Br2I4O. The summed E-state index contributed by atoms with van der Waals surface area (Å²) in [5.41, 5.74) is 0. The minimum atomic E-state index is 0.791. The highest BCUT2D eigenvalue weighted by molar-refractivity contribution is 14.1. The Morgan fingerprint density at radius 2 is 1.13 bits per heavy atom. The Hall–Kier alpha value is 3.32. The van der Waals surface area contributed by atoms with Crippen LogP contribution >= 0.6 is 122 Å². The molecule has 0 radical (unpaired) electrons. The molecule has 0 spiro atoms. The summed E-state index contributed by atoms with van der Waals surface area (Å²) >= 11 is 16.1. The zero-order valence-corrected chi connectivity index (χ0v) is 19.3. The van der Waals surface area contributed by atoms with Crippen LogP contribution in [0.25, 0.3) is 0 Å². The summed E-state index contributed by atoms with van der Waals surface area (Å²) in [6, 6.07) is 0. The first-order valence-corrected chi connectivity index (χ1v) is 9.82. The molecule has 0 rings (SSSR count). The molecule has 0 heterocycles. The lowest BCUT2D eigenvalue weighted by atomic mass is 10.4. The second-order valence-corrected chi connectivity index (χ2v) is 11.8. The van der Waals surface area contributed by atoms with E-state index in [1.165, 1.54) is 12.1 Å². The average molecular weight is 788 g/mol. The quantitative estimate of drug-likeness (QED) is 0.217. The highest BCUT2D eigenvalue weighted by atomic mass is 127. The predicted molar refractivity (Wildman–Crippen MR) is 108 cm³/mol. The summed E-state index contributed by atoms with van der Waals surface area (Å²) in [7, 11) is 0. The van der Waals surface area contributed by atoms with Crippen molar-refractivity contribution in [2.24, 2.45) is 0 Å². The summed E-state index contributed by atoms with van der Waals surface area (Å²) in [5.74, 6) is 0. The van der Waals surface area contributed by atoms with E-state index < -0.39 is 0 Å². The predicted octanol–water partition coefficient (Wildman–Crippen LogP) is 6.65. The van der Waals surface area contributed by atoms with Crippen LogP contribution in [0, 0.1) is 0 Å². The zero-order chi connectivity index (χ0) is 11.8. The van der Waals surface area contributed by atoms with Gasteiger partial charge in [-0.2, -0.15) is 0 Å². The van der Waals surface area contributed by atoms with Gasteiger partial charge in [0.1, 0.15) is 0 Å². The van der Waals surface area contributed by atoms with Gasteiger partial charge in [0.2, 0.25) is 0 Å². The molecule has 0 aliphatic carbocycles. The van der Waals surface area contributed by atoms with Crippen LogP contribution < -0.4 is 0 Å². The van der Waals surface area contributed by atoms with Crippen LogP contribution in [0.3, 0.4) is 0 Å². The largest absolute Gasteiger partial charge is 0.381 e. The third-order valence-corrected chi connectivity index (χ3v) is 9.31. The highest BCUT2D eigenvalue weighted by Gasteiger charge is 1.99.